The van der Waals surface area contributed by atoms with Crippen molar-refractivity contribution in [1.82, 2.24) is 0 Å². The standard InChI is InChI=1S/C11H12O2/c1-3-8(2)9-4-5-10-11(6-9)13-7-12-10/h3-6,8H,1,7H2,2H3/t8-/m0/s1. The van der Waals surface area contributed by atoms with Crippen molar-refractivity contribution in [2.24, 2.45) is 0 Å². The van der Waals surface area contributed by atoms with Crippen molar-refractivity contribution in [3.63, 3.8) is 0 Å². The Bertz CT molecular complexity index is 331. The molecule has 2 nitrogen and oxygen atoms in total. The Labute approximate surface area is 77.8 Å². The smallest absolute Gasteiger partial charge is 0.231 e. The summed E-state index contributed by atoms with van der Waals surface area (Å²) in [7, 11) is 0. The fraction of sp³-hybridized carbons (Fsp3) is 0.273. The molecule has 68 valence electrons. The lowest BCUT2D eigenvalue weighted by Gasteiger charge is -2.06. The third-order valence-corrected chi connectivity index (χ3v) is 2.28. The van der Waals surface area contributed by atoms with E-state index in [0.717, 1.165) is 11.5 Å². The molecule has 0 saturated heterocycles. The lowest BCUT2D eigenvalue weighted by atomic mass is 10.0. The van der Waals surface area contributed by atoms with Crippen molar-refractivity contribution in [3.8, 4) is 11.5 Å². The van der Waals surface area contributed by atoms with Gasteiger partial charge in [0.1, 0.15) is 0 Å². The van der Waals surface area contributed by atoms with Gasteiger partial charge in [-0.2, -0.15) is 0 Å². The second kappa shape index (κ2) is 3.13. The van der Waals surface area contributed by atoms with Gasteiger partial charge in [-0.1, -0.05) is 19.1 Å². The van der Waals surface area contributed by atoms with E-state index in [1.165, 1.54) is 5.56 Å². The normalized spacial score (nSPS) is 15.5. The highest BCUT2D eigenvalue weighted by atomic mass is 16.7. The van der Waals surface area contributed by atoms with E-state index in [0.29, 0.717) is 12.7 Å². The van der Waals surface area contributed by atoms with E-state index in [-0.39, 0.29) is 0 Å². The van der Waals surface area contributed by atoms with Crippen molar-refractivity contribution in [1.29, 1.82) is 0 Å². The number of rotatable bonds is 2. The minimum atomic E-state index is 0.335. The number of allylic oxidation sites excluding steroid dienone is 1. The van der Waals surface area contributed by atoms with Crippen molar-refractivity contribution < 1.29 is 9.47 Å². The molecule has 1 aromatic carbocycles. The summed E-state index contributed by atoms with van der Waals surface area (Å²) in [6.45, 7) is 6.19. The first-order valence-electron chi connectivity index (χ1n) is 4.33. The van der Waals surface area contributed by atoms with Crippen LogP contribution in [0.4, 0.5) is 0 Å². The maximum atomic E-state index is 5.28. The summed E-state index contributed by atoms with van der Waals surface area (Å²) < 4.78 is 10.5. The van der Waals surface area contributed by atoms with E-state index < -0.39 is 0 Å². The molecule has 0 amide bonds. The lowest BCUT2D eigenvalue weighted by molar-refractivity contribution is 0.174. The molecule has 0 radical (unpaired) electrons. The maximum absolute atomic E-state index is 5.28. The highest BCUT2D eigenvalue weighted by molar-refractivity contribution is 5.45. The molecule has 1 aliphatic heterocycles. The van der Waals surface area contributed by atoms with Crippen LogP contribution in [-0.2, 0) is 0 Å². The molecule has 1 atom stereocenters. The van der Waals surface area contributed by atoms with E-state index in [2.05, 4.69) is 13.5 Å². The Kier molecular flexibility index (Phi) is 1.97. The molecule has 1 aliphatic rings. The van der Waals surface area contributed by atoms with Gasteiger partial charge in [-0.15, -0.1) is 6.58 Å². The van der Waals surface area contributed by atoms with Gasteiger partial charge in [-0.25, -0.2) is 0 Å². The van der Waals surface area contributed by atoms with E-state index in [4.69, 9.17) is 9.47 Å². The van der Waals surface area contributed by atoms with Crippen LogP contribution in [0, 0.1) is 0 Å². The van der Waals surface area contributed by atoms with E-state index in [1.54, 1.807) is 0 Å². The molecule has 0 bridgehead atoms. The van der Waals surface area contributed by atoms with E-state index in [1.807, 2.05) is 24.3 Å². The fourth-order valence-corrected chi connectivity index (χ4v) is 1.33. The summed E-state index contributed by atoms with van der Waals surface area (Å²) in [5, 5.41) is 0. The summed E-state index contributed by atoms with van der Waals surface area (Å²) in [6.07, 6.45) is 1.91. The third-order valence-electron chi connectivity index (χ3n) is 2.28. The Morgan fingerprint density at radius 2 is 2.15 bits per heavy atom. The third kappa shape index (κ3) is 1.39. The molecule has 0 spiro atoms. The van der Waals surface area contributed by atoms with Crippen LogP contribution in [0.1, 0.15) is 18.4 Å². The average molecular weight is 176 g/mol. The van der Waals surface area contributed by atoms with Crippen molar-refractivity contribution >= 4 is 0 Å². The molecule has 0 unspecified atom stereocenters. The van der Waals surface area contributed by atoms with Crippen LogP contribution < -0.4 is 9.47 Å². The van der Waals surface area contributed by atoms with Crippen LogP contribution in [-0.4, -0.2) is 6.79 Å². The Hall–Kier alpha value is -1.44. The second-order valence-corrected chi connectivity index (χ2v) is 3.14. The summed E-state index contributed by atoms with van der Waals surface area (Å²) in [5.74, 6) is 2.03. The minimum absolute atomic E-state index is 0.335. The quantitative estimate of drug-likeness (QED) is 0.645. The summed E-state index contributed by atoms with van der Waals surface area (Å²) >= 11 is 0. The molecule has 2 heteroatoms. The van der Waals surface area contributed by atoms with Gasteiger partial charge in [-0.3, -0.25) is 0 Å². The molecule has 1 aromatic rings. The molecular formula is C11H12O2. The predicted octanol–water partition coefficient (Wildman–Crippen LogP) is 2.70. The molecule has 13 heavy (non-hydrogen) atoms. The lowest BCUT2D eigenvalue weighted by Crippen LogP contribution is -1.93. The molecule has 0 aliphatic carbocycles. The minimum Gasteiger partial charge on any atom is -0.454 e. The number of ether oxygens (including phenoxy) is 2. The zero-order valence-electron chi connectivity index (χ0n) is 7.62. The van der Waals surface area contributed by atoms with Gasteiger partial charge in [0, 0.05) is 0 Å². The summed E-state index contributed by atoms with van der Waals surface area (Å²) in [5.41, 5.74) is 1.21. The van der Waals surface area contributed by atoms with E-state index >= 15 is 0 Å². The molecule has 0 fully saturated rings. The molecule has 0 saturated carbocycles. The van der Waals surface area contributed by atoms with Crippen molar-refractivity contribution in [2.75, 3.05) is 6.79 Å². The highest BCUT2D eigenvalue weighted by Gasteiger charge is 2.14. The Balaban J connectivity index is 2.35. The number of benzene rings is 1. The SMILES string of the molecule is C=C[C@H](C)c1ccc2c(c1)OCO2. The zero-order chi connectivity index (χ0) is 9.26. The van der Waals surface area contributed by atoms with Crippen molar-refractivity contribution in [2.45, 2.75) is 12.8 Å². The van der Waals surface area contributed by atoms with Gasteiger partial charge in [0.05, 0.1) is 0 Å². The fourth-order valence-electron chi connectivity index (χ4n) is 1.33. The summed E-state index contributed by atoms with van der Waals surface area (Å²) in [6, 6.07) is 5.99. The maximum Gasteiger partial charge on any atom is 0.231 e. The monoisotopic (exact) mass is 176 g/mol. The Morgan fingerprint density at radius 3 is 2.92 bits per heavy atom. The highest BCUT2D eigenvalue weighted by Crippen LogP contribution is 2.34. The molecule has 0 aromatic heterocycles. The zero-order valence-corrected chi connectivity index (χ0v) is 7.62. The topological polar surface area (TPSA) is 18.5 Å². The number of hydrogen-bond acceptors (Lipinski definition) is 2. The molecule has 0 N–H and O–H groups in total. The van der Waals surface area contributed by atoms with Crippen LogP contribution in [0.2, 0.25) is 0 Å². The van der Waals surface area contributed by atoms with Crippen LogP contribution in [0.3, 0.4) is 0 Å². The Morgan fingerprint density at radius 1 is 1.38 bits per heavy atom. The molecule has 1 heterocycles. The summed E-state index contributed by atoms with van der Waals surface area (Å²) in [4.78, 5) is 0. The van der Waals surface area contributed by atoms with Crippen LogP contribution in [0.25, 0.3) is 0 Å². The van der Waals surface area contributed by atoms with E-state index in [9.17, 15) is 0 Å². The predicted molar refractivity (Wildman–Crippen MR) is 51.2 cm³/mol. The van der Waals surface area contributed by atoms with Gasteiger partial charge in [-0.05, 0) is 23.6 Å². The molecular weight excluding hydrogens is 164 g/mol. The first-order chi connectivity index (χ1) is 6.31. The van der Waals surface area contributed by atoms with Gasteiger partial charge in [0.15, 0.2) is 11.5 Å². The first kappa shape index (κ1) is 8.17. The van der Waals surface area contributed by atoms with Gasteiger partial charge in [0.25, 0.3) is 0 Å². The van der Waals surface area contributed by atoms with Crippen LogP contribution in [0.15, 0.2) is 30.9 Å². The number of hydrogen-bond donors (Lipinski definition) is 0. The van der Waals surface area contributed by atoms with Gasteiger partial charge >= 0.3 is 0 Å². The van der Waals surface area contributed by atoms with Gasteiger partial charge < -0.3 is 9.47 Å². The van der Waals surface area contributed by atoms with Crippen molar-refractivity contribution in [3.05, 3.63) is 36.4 Å². The van der Waals surface area contributed by atoms with Crippen LogP contribution in [0.5, 0.6) is 11.5 Å². The largest absolute Gasteiger partial charge is 0.454 e. The average Bonchev–Trinajstić information content (AvgIpc) is 2.63. The van der Waals surface area contributed by atoms with Gasteiger partial charge in [0.2, 0.25) is 6.79 Å². The first-order valence-corrected chi connectivity index (χ1v) is 4.33. The molecule has 2 rings (SSSR count). The number of fused-ring (bicyclic) bond motifs is 1. The van der Waals surface area contributed by atoms with Crippen LogP contribution >= 0.6 is 0 Å². The second-order valence-electron chi connectivity index (χ2n) is 3.14.